The summed E-state index contributed by atoms with van der Waals surface area (Å²) in [5.74, 6) is 0. The Balaban J connectivity index is 3.79. The fourth-order valence-electron chi connectivity index (χ4n) is 1.26. The van der Waals surface area contributed by atoms with E-state index in [-0.39, 0.29) is 39.6 Å². The predicted molar refractivity (Wildman–Crippen MR) is 69.7 cm³/mol. The van der Waals surface area contributed by atoms with Gasteiger partial charge in [0.05, 0.1) is 39.6 Å². The summed E-state index contributed by atoms with van der Waals surface area (Å²) in [5, 5.41) is 0. The molecule has 2 unspecified atom stereocenters. The molecule has 0 saturated heterocycles. The zero-order chi connectivity index (χ0) is 15.9. The highest BCUT2D eigenvalue weighted by molar-refractivity contribution is 4.61. The summed E-state index contributed by atoms with van der Waals surface area (Å²) in [6, 6.07) is 0. The second kappa shape index (κ2) is 14.6. The third kappa shape index (κ3) is 11.0. The van der Waals surface area contributed by atoms with Crippen LogP contribution < -0.4 is 0 Å². The van der Waals surface area contributed by atoms with E-state index in [1.165, 1.54) is 0 Å². The first-order valence-corrected chi connectivity index (χ1v) is 6.07. The molecular formula is C14H20O7. The van der Waals surface area contributed by atoms with Gasteiger partial charge in [-0.2, -0.15) is 0 Å². The Morgan fingerprint density at radius 2 is 0.762 bits per heavy atom. The second-order valence-corrected chi connectivity index (χ2v) is 4.02. The maximum atomic E-state index is 5.30. The first kappa shape index (κ1) is 20.7. The van der Waals surface area contributed by atoms with E-state index in [1.54, 1.807) is 0 Å². The summed E-state index contributed by atoms with van der Waals surface area (Å²) in [6.45, 7) is 0.808. The van der Waals surface area contributed by atoms with Gasteiger partial charge >= 0.3 is 0 Å². The third-order valence-corrected chi connectivity index (χ3v) is 2.36. The van der Waals surface area contributed by atoms with E-state index in [9.17, 15) is 0 Å². The van der Waals surface area contributed by atoms with Gasteiger partial charge in [0.25, 0.3) is 0 Å². The zero-order valence-corrected chi connectivity index (χ0v) is 11.7. The topological polar surface area (TPSA) is 64.6 Å². The molecule has 0 amide bonds. The molecule has 0 aliphatic rings. The van der Waals surface area contributed by atoms with Crippen LogP contribution in [0.25, 0.3) is 0 Å². The summed E-state index contributed by atoms with van der Waals surface area (Å²) in [4.78, 5) is 0. The van der Waals surface area contributed by atoms with E-state index in [0.29, 0.717) is 0 Å². The van der Waals surface area contributed by atoms with Crippen LogP contribution >= 0.6 is 0 Å². The van der Waals surface area contributed by atoms with E-state index in [1.807, 2.05) is 0 Å². The highest BCUT2D eigenvalue weighted by Gasteiger charge is 2.14. The fraction of sp³-hybridized carbons (Fsp3) is 0.643. The molecule has 21 heavy (non-hydrogen) atoms. The van der Waals surface area contributed by atoms with Crippen LogP contribution in [0, 0.1) is 35.5 Å². The molecule has 7 heteroatoms. The Hall–Kier alpha value is -0.280. The molecule has 0 saturated carbocycles. The van der Waals surface area contributed by atoms with Crippen LogP contribution in [-0.2, 0) is 33.2 Å². The quantitative estimate of drug-likeness (QED) is 0.437. The van der Waals surface area contributed by atoms with Gasteiger partial charge in [0, 0.05) is 0 Å². The van der Waals surface area contributed by atoms with Crippen LogP contribution in [0.4, 0.5) is 0 Å². The maximum absolute atomic E-state index is 5.30. The monoisotopic (exact) mass is 300 g/mol. The van der Waals surface area contributed by atoms with E-state index < -0.39 is 18.3 Å². The van der Waals surface area contributed by atoms with Crippen molar-refractivity contribution < 1.29 is 33.2 Å². The molecule has 0 aromatic carbocycles. The molecule has 0 aliphatic heterocycles. The van der Waals surface area contributed by atoms with Crippen molar-refractivity contribution in [3.8, 4) is 0 Å². The van der Waals surface area contributed by atoms with Gasteiger partial charge in [-0.25, -0.2) is 0 Å². The number of hydrogen-bond acceptors (Lipinski definition) is 7. The minimum Gasteiger partial charge on any atom is -0.376 e. The largest absolute Gasteiger partial charge is 0.376 e. The van der Waals surface area contributed by atoms with Gasteiger partial charge < -0.3 is 33.2 Å². The molecule has 2 atom stereocenters. The van der Waals surface area contributed by atoms with Crippen molar-refractivity contribution >= 4 is 0 Å². The molecule has 0 heterocycles. The lowest BCUT2D eigenvalue weighted by Gasteiger charge is -2.19. The summed E-state index contributed by atoms with van der Waals surface area (Å²) in [6.07, 6.45) is -1.49. The number of rotatable bonds is 15. The lowest BCUT2D eigenvalue weighted by molar-refractivity contribution is -0.0732. The van der Waals surface area contributed by atoms with Crippen LogP contribution in [-0.4, -0.2) is 58.0 Å². The highest BCUT2D eigenvalue weighted by Crippen LogP contribution is 2.00. The molecule has 0 aromatic heterocycles. The average Bonchev–Trinajstić information content (AvgIpc) is 2.51. The summed E-state index contributed by atoms with van der Waals surface area (Å²) >= 11 is 0. The minimum atomic E-state index is -0.501. The molecule has 0 rings (SSSR count). The Kier molecular flexibility index (Phi) is 14.5. The summed E-state index contributed by atoms with van der Waals surface area (Å²) < 4.78 is 33.2. The maximum Gasteiger partial charge on any atom is 0.116 e. The van der Waals surface area contributed by atoms with E-state index in [2.05, 4.69) is 18.9 Å². The molecular weight excluding hydrogens is 280 g/mol. The SMILES string of the molecule is [CH]OCC(COCC(COCC(CO[CH])O[CH])O[CH])O[CH]. The molecule has 0 bridgehead atoms. The highest BCUT2D eigenvalue weighted by atomic mass is 16.6. The molecule has 0 fully saturated rings. The Labute approximate surface area is 127 Å². The van der Waals surface area contributed by atoms with Crippen molar-refractivity contribution in [3.05, 3.63) is 35.5 Å². The molecule has 0 aliphatic carbocycles. The van der Waals surface area contributed by atoms with Crippen molar-refractivity contribution in [2.45, 2.75) is 18.3 Å². The van der Waals surface area contributed by atoms with E-state index >= 15 is 0 Å². The summed E-state index contributed by atoms with van der Waals surface area (Å²) in [7, 11) is 25.0. The number of hydrogen-bond donors (Lipinski definition) is 0. The van der Waals surface area contributed by atoms with Gasteiger partial charge in [-0.1, -0.05) is 0 Å². The fourth-order valence-corrected chi connectivity index (χ4v) is 1.26. The lowest BCUT2D eigenvalue weighted by Crippen LogP contribution is -2.30. The van der Waals surface area contributed by atoms with Gasteiger partial charge in [0.1, 0.15) is 53.9 Å². The van der Waals surface area contributed by atoms with Crippen molar-refractivity contribution in [1.29, 1.82) is 0 Å². The Morgan fingerprint density at radius 3 is 1.00 bits per heavy atom. The van der Waals surface area contributed by atoms with E-state index in [0.717, 1.165) is 0 Å². The number of ether oxygens (including phenoxy) is 7. The smallest absolute Gasteiger partial charge is 0.116 e. The minimum absolute atomic E-state index is 0.0930. The van der Waals surface area contributed by atoms with Crippen molar-refractivity contribution in [2.24, 2.45) is 0 Å². The average molecular weight is 300 g/mol. The van der Waals surface area contributed by atoms with Crippen LogP contribution in [0.1, 0.15) is 0 Å². The first-order chi connectivity index (χ1) is 10.2. The second-order valence-electron chi connectivity index (χ2n) is 4.02. The van der Waals surface area contributed by atoms with Crippen LogP contribution in [0.15, 0.2) is 0 Å². The molecule has 0 spiro atoms. The first-order valence-electron chi connectivity index (χ1n) is 6.07. The molecule has 0 aromatic rings. The van der Waals surface area contributed by atoms with E-state index in [4.69, 9.17) is 49.8 Å². The van der Waals surface area contributed by atoms with Crippen molar-refractivity contribution in [2.75, 3.05) is 39.6 Å². The third-order valence-electron chi connectivity index (χ3n) is 2.36. The molecule has 0 N–H and O–H groups in total. The van der Waals surface area contributed by atoms with Crippen molar-refractivity contribution in [3.63, 3.8) is 0 Å². The summed E-state index contributed by atoms with van der Waals surface area (Å²) in [5.41, 5.74) is 0. The van der Waals surface area contributed by atoms with Gasteiger partial charge in [0.15, 0.2) is 0 Å². The predicted octanol–water partition coefficient (Wildman–Crippen LogP) is 0.551. The van der Waals surface area contributed by atoms with Gasteiger partial charge in [0.2, 0.25) is 0 Å². The molecule has 118 valence electrons. The normalized spacial score (nSPS) is 15.9. The molecule has 10 radical (unpaired) electrons. The Morgan fingerprint density at radius 1 is 0.476 bits per heavy atom. The van der Waals surface area contributed by atoms with Gasteiger partial charge in [-0.05, 0) is 0 Å². The molecule has 7 nitrogen and oxygen atoms in total. The van der Waals surface area contributed by atoms with Crippen LogP contribution in [0.2, 0.25) is 0 Å². The van der Waals surface area contributed by atoms with Gasteiger partial charge in [-0.15, -0.1) is 0 Å². The Bertz CT molecular complexity index is 195. The van der Waals surface area contributed by atoms with Gasteiger partial charge in [-0.3, -0.25) is 0 Å². The van der Waals surface area contributed by atoms with Crippen LogP contribution in [0.5, 0.6) is 0 Å². The van der Waals surface area contributed by atoms with Crippen molar-refractivity contribution in [1.82, 2.24) is 0 Å². The lowest BCUT2D eigenvalue weighted by atomic mass is 10.3. The standard InChI is InChI=1S/C14H20O7/c1-15-6-12(17-3)8-20-10-14(19-5)11-21-9-13(18-4)7-16-2/h1-5,12-14H,6-11H2. The zero-order valence-electron chi connectivity index (χ0n) is 11.7. The van der Waals surface area contributed by atoms with Crippen LogP contribution in [0.3, 0.4) is 0 Å².